The molecule has 0 bridgehead atoms. The van der Waals surface area contributed by atoms with Crippen molar-refractivity contribution in [1.82, 2.24) is 14.5 Å². The smallest absolute Gasteiger partial charge is 0.322 e. The normalized spacial score (nSPS) is 26.2. The maximum absolute atomic E-state index is 12.0. The molecule has 0 radical (unpaired) electrons. The Morgan fingerprint density at radius 1 is 1.59 bits per heavy atom. The van der Waals surface area contributed by atoms with E-state index in [0.717, 1.165) is 10.5 Å². The van der Waals surface area contributed by atoms with Crippen LogP contribution in [0, 0.1) is 0 Å². The van der Waals surface area contributed by atoms with Crippen LogP contribution >= 0.6 is 0 Å². The Bertz CT molecular complexity index is 511. The molecule has 1 aromatic rings. The zero-order valence-electron chi connectivity index (χ0n) is 8.65. The van der Waals surface area contributed by atoms with E-state index >= 15 is 0 Å². The van der Waals surface area contributed by atoms with Gasteiger partial charge in [0.05, 0.1) is 12.3 Å². The Hall–Kier alpha value is -1.45. The van der Waals surface area contributed by atoms with E-state index in [1.54, 1.807) is 0 Å². The van der Waals surface area contributed by atoms with Crippen molar-refractivity contribution in [1.29, 1.82) is 0 Å². The second-order valence-electron chi connectivity index (χ2n) is 3.75. The summed E-state index contributed by atoms with van der Waals surface area (Å²) in [5, 5.41) is 24.2. The lowest BCUT2D eigenvalue weighted by Gasteiger charge is -2.19. The van der Waals surface area contributed by atoms with Crippen LogP contribution in [0.4, 0.5) is 0 Å². The van der Waals surface area contributed by atoms with Gasteiger partial charge in [0.2, 0.25) is 10.0 Å². The van der Waals surface area contributed by atoms with Gasteiger partial charge in [-0.2, -0.15) is 9.40 Å². The number of H-pyrrole nitrogens is 1. The van der Waals surface area contributed by atoms with Gasteiger partial charge in [0.1, 0.15) is 10.9 Å². The summed E-state index contributed by atoms with van der Waals surface area (Å²) in [5.41, 5.74) is 0. The molecule has 1 saturated heterocycles. The molecule has 2 rings (SSSR count). The van der Waals surface area contributed by atoms with Crippen molar-refractivity contribution >= 4 is 16.0 Å². The summed E-state index contributed by atoms with van der Waals surface area (Å²) < 4.78 is 24.9. The number of carbonyl (C=O) groups is 1. The number of aromatic nitrogens is 2. The van der Waals surface area contributed by atoms with E-state index in [9.17, 15) is 18.3 Å². The first-order valence-electron chi connectivity index (χ1n) is 4.84. The number of carboxylic acid groups (broad SMARTS) is 1. The second kappa shape index (κ2) is 4.09. The molecule has 1 aliphatic rings. The van der Waals surface area contributed by atoms with Gasteiger partial charge in [-0.15, -0.1) is 0 Å². The lowest BCUT2D eigenvalue weighted by molar-refractivity contribution is -0.140. The Morgan fingerprint density at radius 3 is 2.82 bits per heavy atom. The molecule has 2 atom stereocenters. The molecule has 0 aromatic carbocycles. The highest BCUT2D eigenvalue weighted by molar-refractivity contribution is 7.89. The first-order chi connectivity index (χ1) is 7.93. The van der Waals surface area contributed by atoms with Crippen molar-refractivity contribution < 1.29 is 23.4 Å². The number of nitrogens with zero attached hydrogens (tertiary/aromatic N) is 2. The van der Waals surface area contributed by atoms with Crippen LogP contribution in [0.15, 0.2) is 17.3 Å². The SMILES string of the molecule is O=C(O)C1CC(O)CN1S(=O)(=O)c1cn[nH]c1. The van der Waals surface area contributed by atoms with Crippen LogP contribution in [0.1, 0.15) is 6.42 Å². The Labute approximate surface area is 96.9 Å². The number of aliphatic hydroxyl groups is 1. The molecule has 1 aliphatic heterocycles. The van der Waals surface area contributed by atoms with Gasteiger partial charge in [-0.05, 0) is 0 Å². The summed E-state index contributed by atoms with van der Waals surface area (Å²) in [5.74, 6) is -1.27. The van der Waals surface area contributed by atoms with Crippen LogP contribution < -0.4 is 0 Å². The maximum Gasteiger partial charge on any atom is 0.322 e. The number of nitrogens with one attached hydrogen (secondary N) is 1. The van der Waals surface area contributed by atoms with Crippen molar-refractivity contribution in [3.63, 3.8) is 0 Å². The van der Waals surface area contributed by atoms with Gasteiger partial charge in [-0.1, -0.05) is 0 Å². The summed E-state index contributed by atoms with van der Waals surface area (Å²) in [6.45, 7) is -0.218. The predicted molar refractivity (Wildman–Crippen MR) is 54.5 cm³/mol. The van der Waals surface area contributed by atoms with Gasteiger partial charge in [0.15, 0.2) is 0 Å². The zero-order chi connectivity index (χ0) is 12.6. The number of aliphatic hydroxyl groups excluding tert-OH is 1. The quantitative estimate of drug-likeness (QED) is 0.616. The molecule has 8 nitrogen and oxygen atoms in total. The highest BCUT2D eigenvalue weighted by atomic mass is 32.2. The third-order valence-corrected chi connectivity index (χ3v) is 4.44. The molecule has 1 aromatic heterocycles. The highest BCUT2D eigenvalue weighted by Crippen LogP contribution is 2.25. The monoisotopic (exact) mass is 261 g/mol. The number of carboxylic acids is 1. The van der Waals surface area contributed by atoms with E-state index in [1.807, 2.05) is 0 Å². The van der Waals surface area contributed by atoms with Crippen molar-refractivity contribution in [2.24, 2.45) is 0 Å². The first kappa shape index (κ1) is 12.0. The zero-order valence-corrected chi connectivity index (χ0v) is 9.46. The molecule has 9 heteroatoms. The van der Waals surface area contributed by atoms with Gasteiger partial charge >= 0.3 is 5.97 Å². The molecule has 0 amide bonds. The molecule has 17 heavy (non-hydrogen) atoms. The number of aromatic amines is 1. The van der Waals surface area contributed by atoms with Crippen molar-refractivity contribution in [3.8, 4) is 0 Å². The van der Waals surface area contributed by atoms with Gasteiger partial charge < -0.3 is 10.2 Å². The third kappa shape index (κ3) is 2.04. The summed E-state index contributed by atoms with van der Waals surface area (Å²) in [6, 6.07) is -1.23. The van der Waals surface area contributed by atoms with Crippen LogP contribution in [0.5, 0.6) is 0 Å². The van der Waals surface area contributed by atoms with Gasteiger partial charge in [0.25, 0.3) is 0 Å². The van der Waals surface area contributed by atoms with Gasteiger partial charge in [0, 0.05) is 19.2 Å². The van der Waals surface area contributed by atoms with E-state index in [0.29, 0.717) is 0 Å². The summed E-state index contributed by atoms with van der Waals surface area (Å²) in [4.78, 5) is 10.8. The molecular weight excluding hydrogens is 250 g/mol. The largest absolute Gasteiger partial charge is 0.480 e. The number of hydrogen-bond donors (Lipinski definition) is 3. The highest BCUT2D eigenvalue weighted by Gasteiger charge is 2.43. The molecular formula is C8H11N3O5S. The summed E-state index contributed by atoms with van der Waals surface area (Å²) >= 11 is 0. The first-order valence-corrected chi connectivity index (χ1v) is 6.28. The molecule has 94 valence electrons. The van der Waals surface area contributed by atoms with Crippen LogP contribution in [0.25, 0.3) is 0 Å². The average molecular weight is 261 g/mol. The molecule has 0 saturated carbocycles. The number of sulfonamides is 1. The predicted octanol–water partition coefficient (Wildman–Crippen LogP) is -1.38. The fraction of sp³-hybridized carbons (Fsp3) is 0.500. The molecule has 1 fully saturated rings. The number of hydrogen-bond acceptors (Lipinski definition) is 5. The average Bonchev–Trinajstić information content (AvgIpc) is 2.84. The molecule has 2 heterocycles. The molecule has 2 unspecified atom stereocenters. The lowest BCUT2D eigenvalue weighted by Crippen LogP contribution is -2.40. The number of rotatable bonds is 3. The fourth-order valence-corrected chi connectivity index (χ4v) is 3.33. The van der Waals surface area contributed by atoms with Crippen molar-refractivity contribution in [2.75, 3.05) is 6.54 Å². The maximum atomic E-state index is 12.0. The molecule has 3 N–H and O–H groups in total. The van der Waals surface area contributed by atoms with Crippen molar-refractivity contribution in [2.45, 2.75) is 23.5 Å². The van der Waals surface area contributed by atoms with E-state index in [1.165, 1.54) is 6.20 Å². The van der Waals surface area contributed by atoms with Crippen LogP contribution in [-0.2, 0) is 14.8 Å². The standard InChI is InChI=1S/C8H11N3O5S/c12-5-1-7(8(13)14)11(4-5)17(15,16)6-2-9-10-3-6/h2-3,5,7,12H,1,4H2,(H,9,10)(H,13,14). The third-order valence-electron chi connectivity index (χ3n) is 2.60. The van der Waals surface area contributed by atoms with Gasteiger partial charge in [-0.25, -0.2) is 8.42 Å². The number of aliphatic carboxylic acids is 1. The van der Waals surface area contributed by atoms with E-state index < -0.39 is 28.1 Å². The van der Waals surface area contributed by atoms with Crippen LogP contribution in [-0.4, -0.2) is 57.8 Å². The van der Waals surface area contributed by atoms with E-state index in [4.69, 9.17) is 5.11 Å². The minimum atomic E-state index is -3.92. The second-order valence-corrected chi connectivity index (χ2v) is 5.64. The Kier molecular flexibility index (Phi) is 2.89. The summed E-state index contributed by atoms with van der Waals surface area (Å²) in [6.07, 6.45) is 1.20. The Morgan fingerprint density at radius 2 is 2.29 bits per heavy atom. The minimum absolute atomic E-state index is 0.105. The lowest BCUT2D eigenvalue weighted by atomic mass is 10.2. The molecule has 0 aliphatic carbocycles. The fourth-order valence-electron chi connectivity index (χ4n) is 1.79. The van der Waals surface area contributed by atoms with Gasteiger partial charge in [-0.3, -0.25) is 9.89 Å². The van der Waals surface area contributed by atoms with E-state index in [2.05, 4.69) is 10.2 Å². The van der Waals surface area contributed by atoms with E-state index in [-0.39, 0.29) is 17.9 Å². The van der Waals surface area contributed by atoms with Crippen LogP contribution in [0.3, 0.4) is 0 Å². The van der Waals surface area contributed by atoms with Crippen LogP contribution in [0.2, 0.25) is 0 Å². The Balaban J connectivity index is 2.36. The topological polar surface area (TPSA) is 124 Å². The summed E-state index contributed by atoms with van der Waals surface area (Å²) in [7, 11) is -3.92. The number of β-amino-alcohol motifs (C(OH)–C–C–N with tert-alkyl or cyclic N) is 1. The van der Waals surface area contributed by atoms with Crippen molar-refractivity contribution in [3.05, 3.63) is 12.4 Å². The molecule has 0 spiro atoms. The minimum Gasteiger partial charge on any atom is -0.480 e.